The van der Waals surface area contributed by atoms with Crippen molar-refractivity contribution in [3.63, 3.8) is 0 Å². The number of nitrogens with zero attached hydrogens (tertiary/aromatic N) is 2. The van der Waals surface area contributed by atoms with Crippen LogP contribution in [0.2, 0.25) is 0 Å². The minimum Gasteiger partial charge on any atom is -0.506 e. The summed E-state index contributed by atoms with van der Waals surface area (Å²) in [5.41, 5.74) is 2.11. The number of aromatic amines is 1. The van der Waals surface area contributed by atoms with Gasteiger partial charge in [0, 0.05) is 55.2 Å². The number of H-pyrrole nitrogens is 1. The minimum atomic E-state index is -2.08. The molecule has 360 valence electrons. The Hall–Kier alpha value is -6.64. The summed E-state index contributed by atoms with van der Waals surface area (Å²) in [6.07, 6.45) is 4.27. The van der Waals surface area contributed by atoms with Crippen molar-refractivity contribution in [1.29, 1.82) is 0 Å². The highest BCUT2D eigenvalue weighted by Gasteiger charge is 2.42. The molecule has 0 bridgehead atoms. The number of Topliss-reactive ketones (excluding diaryl/α,β-unsaturated/α-hetero) is 1. The van der Waals surface area contributed by atoms with Gasteiger partial charge in [0.25, 0.3) is 5.91 Å². The molecule has 0 spiro atoms. The number of rotatable bonds is 20. The second-order valence-electron chi connectivity index (χ2n) is 18.5. The van der Waals surface area contributed by atoms with Crippen LogP contribution in [0.1, 0.15) is 82.8 Å². The van der Waals surface area contributed by atoms with E-state index in [9.17, 15) is 34.5 Å². The fourth-order valence-electron chi connectivity index (χ4n) is 9.50. The first-order valence-electron chi connectivity index (χ1n) is 24.1. The quantitative estimate of drug-likeness (QED) is 0.0390. The Morgan fingerprint density at radius 1 is 0.768 bits per heavy atom. The van der Waals surface area contributed by atoms with Gasteiger partial charge in [-0.2, -0.15) is 0 Å². The summed E-state index contributed by atoms with van der Waals surface area (Å²) in [5, 5.41) is 37.0. The van der Waals surface area contributed by atoms with Crippen molar-refractivity contribution < 1.29 is 39.2 Å². The van der Waals surface area contributed by atoms with Crippen LogP contribution in [0.25, 0.3) is 10.9 Å². The molecule has 0 radical (unpaired) electrons. The van der Waals surface area contributed by atoms with Gasteiger partial charge in [-0.05, 0) is 129 Å². The van der Waals surface area contributed by atoms with E-state index in [1.54, 1.807) is 60.7 Å². The molecule has 2 atom stereocenters. The number of benzene rings is 5. The molecule has 0 aliphatic carbocycles. The van der Waals surface area contributed by atoms with E-state index >= 15 is 0 Å². The summed E-state index contributed by atoms with van der Waals surface area (Å²) in [6, 6.07) is 39.5. The summed E-state index contributed by atoms with van der Waals surface area (Å²) in [7, 11) is 0. The van der Waals surface area contributed by atoms with Crippen molar-refractivity contribution in [1.82, 2.24) is 20.1 Å². The molecule has 69 heavy (non-hydrogen) atoms. The number of fused-ring (bicyclic) bond motifs is 1. The fourth-order valence-corrected chi connectivity index (χ4v) is 9.50. The zero-order valence-corrected chi connectivity index (χ0v) is 38.9. The molecule has 13 heteroatoms. The van der Waals surface area contributed by atoms with E-state index < -0.39 is 17.7 Å². The number of amides is 1. The number of aliphatic hydroxyl groups is 2. The van der Waals surface area contributed by atoms with Gasteiger partial charge in [-0.3, -0.25) is 19.3 Å². The number of carbonyl (C=O) groups is 3. The number of pyridine rings is 1. The van der Waals surface area contributed by atoms with Crippen molar-refractivity contribution in [2.45, 2.75) is 63.2 Å². The number of aromatic nitrogens is 1. The van der Waals surface area contributed by atoms with Crippen molar-refractivity contribution in [3.05, 3.63) is 177 Å². The Labute approximate surface area is 402 Å². The van der Waals surface area contributed by atoms with Gasteiger partial charge in [-0.15, -0.1) is 0 Å². The van der Waals surface area contributed by atoms with Crippen LogP contribution >= 0.6 is 0 Å². The molecule has 1 amide bonds. The molecule has 6 aromatic rings. The number of carbonyl (C=O) groups excluding carboxylic acids is 3. The van der Waals surface area contributed by atoms with Crippen LogP contribution in [0.3, 0.4) is 0 Å². The second-order valence-corrected chi connectivity index (χ2v) is 18.5. The Bertz CT molecular complexity index is 2710. The highest BCUT2D eigenvalue weighted by molar-refractivity contribution is 5.94. The third-order valence-corrected chi connectivity index (χ3v) is 13.7. The van der Waals surface area contributed by atoms with E-state index in [0.717, 1.165) is 50.9 Å². The lowest BCUT2D eigenvalue weighted by Crippen LogP contribution is -2.40. The first kappa shape index (κ1) is 48.8. The van der Waals surface area contributed by atoms with Gasteiger partial charge in [-0.1, -0.05) is 91.0 Å². The van der Waals surface area contributed by atoms with Crippen LogP contribution in [0.5, 0.6) is 11.5 Å². The third kappa shape index (κ3) is 12.5. The molecule has 8 rings (SSSR count). The van der Waals surface area contributed by atoms with E-state index in [4.69, 9.17) is 9.47 Å². The zero-order valence-electron chi connectivity index (χ0n) is 38.9. The molecule has 2 fully saturated rings. The normalized spacial score (nSPS) is 16.2. The van der Waals surface area contributed by atoms with E-state index in [-0.39, 0.29) is 48.7 Å². The zero-order chi connectivity index (χ0) is 48.2. The van der Waals surface area contributed by atoms with Gasteiger partial charge in [0.05, 0.1) is 18.2 Å². The Balaban J connectivity index is 0.749. The monoisotopic (exact) mass is 934 g/mol. The number of aliphatic hydroxyl groups excluding tert-OH is 1. The second kappa shape index (κ2) is 23.1. The van der Waals surface area contributed by atoms with Gasteiger partial charge >= 0.3 is 5.97 Å². The average molecular weight is 935 g/mol. The summed E-state index contributed by atoms with van der Waals surface area (Å²) in [4.78, 5) is 59.0. The maximum atomic E-state index is 13.9. The number of piperidine rings is 2. The number of esters is 1. The number of ether oxygens (including phenoxy) is 2. The first-order chi connectivity index (χ1) is 33.5. The molecule has 0 saturated carbocycles. The molecular weight excluding hydrogens is 873 g/mol. The van der Waals surface area contributed by atoms with Crippen LogP contribution in [0, 0.1) is 11.8 Å². The number of ketones is 1. The number of likely N-dealkylation sites (tertiary alicyclic amines) is 2. The largest absolute Gasteiger partial charge is 0.506 e. The van der Waals surface area contributed by atoms with Crippen molar-refractivity contribution in [3.8, 4) is 11.5 Å². The lowest BCUT2D eigenvalue weighted by Gasteiger charge is -2.33. The molecular formula is C56H62N4O9. The maximum absolute atomic E-state index is 13.9. The molecule has 0 unspecified atom stereocenters. The van der Waals surface area contributed by atoms with Crippen molar-refractivity contribution >= 4 is 28.6 Å². The molecule has 1 aromatic heterocycles. The Morgan fingerprint density at radius 3 is 2.20 bits per heavy atom. The van der Waals surface area contributed by atoms with Gasteiger partial charge in [-0.25, -0.2) is 4.79 Å². The summed E-state index contributed by atoms with van der Waals surface area (Å²) < 4.78 is 11.8. The van der Waals surface area contributed by atoms with Crippen LogP contribution < -0.4 is 15.6 Å². The van der Waals surface area contributed by atoms with Crippen LogP contribution in [0.15, 0.2) is 138 Å². The molecule has 5 N–H and O–H groups in total. The molecule has 2 saturated heterocycles. The number of phenolic OH excluding ortho intramolecular Hbond substituents is 1. The van der Waals surface area contributed by atoms with Crippen molar-refractivity contribution in [2.75, 3.05) is 52.5 Å². The predicted molar refractivity (Wildman–Crippen MR) is 264 cm³/mol. The average Bonchev–Trinajstić information content (AvgIpc) is 3.39. The minimum absolute atomic E-state index is 0.0155. The van der Waals surface area contributed by atoms with Gasteiger partial charge in [0.2, 0.25) is 11.2 Å². The van der Waals surface area contributed by atoms with Gasteiger partial charge < -0.3 is 40.0 Å². The van der Waals surface area contributed by atoms with Crippen LogP contribution in [-0.4, -0.2) is 100 Å². The van der Waals surface area contributed by atoms with E-state index in [1.807, 2.05) is 41.3 Å². The molecule has 3 heterocycles. The summed E-state index contributed by atoms with van der Waals surface area (Å²) >= 11 is 0. The van der Waals surface area contributed by atoms with Crippen LogP contribution in [0.4, 0.5) is 0 Å². The van der Waals surface area contributed by atoms with Gasteiger partial charge in [0.15, 0.2) is 5.78 Å². The highest BCUT2D eigenvalue weighted by atomic mass is 16.5. The summed E-state index contributed by atoms with van der Waals surface area (Å²) in [5.74, 6) is -0.0156. The lowest BCUT2D eigenvalue weighted by atomic mass is 9.86. The highest BCUT2D eigenvalue weighted by Crippen LogP contribution is 2.34. The fraction of sp³-hybridized carbons (Fsp3) is 0.357. The predicted octanol–water partition coefficient (Wildman–Crippen LogP) is 7.07. The number of hydrogen-bond donors (Lipinski definition) is 5. The SMILES string of the molecule is O=C(CCC1CCN(C(=O)c2ccc(CCNC[C@H](O)c3ccc(O)c4[nH]c(=O)ccc34)cc2)CC1)COc1cccc([C@](O)(C(=O)OCC2CCN(Cc3ccccc3)CC2)c2ccccc2)c1. The number of hydrogen-bond acceptors (Lipinski definition) is 11. The van der Waals surface area contributed by atoms with Crippen LogP contribution in [-0.2, 0) is 32.9 Å². The summed E-state index contributed by atoms with van der Waals surface area (Å²) in [6.45, 7) is 4.87. The van der Waals surface area contributed by atoms with E-state index in [2.05, 4.69) is 39.5 Å². The Morgan fingerprint density at radius 2 is 1.46 bits per heavy atom. The van der Waals surface area contributed by atoms with Crippen molar-refractivity contribution in [2.24, 2.45) is 11.8 Å². The Kier molecular flexibility index (Phi) is 16.3. The lowest BCUT2D eigenvalue weighted by molar-refractivity contribution is -0.164. The molecule has 13 nitrogen and oxygen atoms in total. The first-order valence-corrected chi connectivity index (χ1v) is 24.1. The van der Waals surface area contributed by atoms with E-state index in [1.165, 1.54) is 17.7 Å². The molecule has 5 aromatic carbocycles. The molecule has 2 aliphatic rings. The number of aromatic hydroxyl groups is 1. The third-order valence-electron chi connectivity index (χ3n) is 13.7. The molecule has 2 aliphatic heterocycles. The smallest absolute Gasteiger partial charge is 0.347 e. The maximum Gasteiger partial charge on any atom is 0.347 e. The van der Waals surface area contributed by atoms with Gasteiger partial charge in [0.1, 0.15) is 18.1 Å². The number of phenols is 1. The topological polar surface area (TPSA) is 182 Å². The number of nitrogens with one attached hydrogen (secondary N) is 2. The standard InChI is InChI=1S/C56H62N4O9/c61-46(38-68-47-13-7-12-45(34-47)56(67,44-10-5-2-6-11-44)55(66)69-37-42-25-30-59(31-26-42)36-41-8-3-1-4-9-41)19-16-40-27-32-60(33-28-40)54(65)43-17-14-39(15-18-43)24-29-57-35-51(63)48-20-22-50(62)53-49(48)21-23-52(64)58-53/h1-15,17-18,20-23,34,40,42,51,57,62-63,67H,16,19,24-33,35-38H2,(H,58,64)/t51-,56-/m0/s1. The van der Waals surface area contributed by atoms with E-state index in [0.29, 0.717) is 83.7 Å².